The molecule has 0 aromatic heterocycles. The topological polar surface area (TPSA) is 64.3 Å². The van der Waals surface area contributed by atoms with E-state index in [4.69, 9.17) is 10.5 Å². The van der Waals surface area contributed by atoms with Crippen LogP contribution in [0.4, 0.5) is 5.69 Å². The van der Waals surface area contributed by atoms with Crippen LogP contribution in [-0.2, 0) is 4.79 Å². The van der Waals surface area contributed by atoms with Crippen molar-refractivity contribution in [3.05, 3.63) is 36.4 Å². The minimum Gasteiger partial charge on any atom is -0.493 e. The van der Waals surface area contributed by atoms with Gasteiger partial charge in [0.25, 0.3) is 0 Å². The Hall–Kier alpha value is -1.97. The van der Waals surface area contributed by atoms with E-state index >= 15 is 0 Å². The highest BCUT2D eigenvalue weighted by atomic mass is 16.5. The summed E-state index contributed by atoms with van der Waals surface area (Å²) >= 11 is 0. The molecule has 0 fully saturated rings. The van der Waals surface area contributed by atoms with E-state index in [-0.39, 0.29) is 11.9 Å². The third-order valence-corrected chi connectivity index (χ3v) is 3.11. The number of allylic oxidation sites excluding steroid dienone is 1. The van der Waals surface area contributed by atoms with E-state index in [9.17, 15) is 4.79 Å². The monoisotopic (exact) mass is 260 g/mol. The summed E-state index contributed by atoms with van der Waals surface area (Å²) in [5.74, 6) is 0.790. The first kappa shape index (κ1) is 13.5. The minimum absolute atomic E-state index is 0.0516. The number of nitrogens with two attached hydrogens (primary N) is 1. The van der Waals surface area contributed by atoms with Crippen LogP contribution < -0.4 is 15.8 Å². The van der Waals surface area contributed by atoms with Gasteiger partial charge in [-0.15, -0.1) is 0 Å². The van der Waals surface area contributed by atoms with Gasteiger partial charge in [-0.3, -0.25) is 4.79 Å². The molecule has 0 bridgehead atoms. The van der Waals surface area contributed by atoms with Gasteiger partial charge in [0.2, 0.25) is 5.91 Å². The van der Waals surface area contributed by atoms with Crippen molar-refractivity contribution in [2.45, 2.75) is 31.7 Å². The second kappa shape index (κ2) is 6.83. The van der Waals surface area contributed by atoms with Crippen molar-refractivity contribution >= 4 is 11.6 Å². The molecule has 0 heterocycles. The van der Waals surface area contributed by atoms with Gasteiger partial charge in [0, 0.05) is 11.7 Å². The molecule has 0 radical (unpaired) electrons. The zero-order chi connectivity index (χ0) is 13.5. The number of anilines is 1. The van der Waals surface area contributed by atoms with E-state index in [1.54, 1.807) is 24.3 Å². The van der Waals surface area contributed by atoms with Gasteiger partial charge in [0.15, 0.2) is 0 Å². The molecular weight excluding hydrogens is 240 g/mol. The van der Waals surface area contributed by atoms with Crippen molar-refractivity contribution in [1.82, 2.24) is 5.32 Å². The van der Waals surface area contributed by atoms with Crippen LogP contribution in [0.25, 0.3) is 0 Å². The Balaban J connectivity index is 1.66. The zero-order valence-electron chi connectivity index (χ0n) is 11.0. The highest BCUT2D eigenvalue weighted by molar-refractivity contribution is 5.76. The van der Waals surface area contributed by atoms with Gasteiger partial charge in [-0.1, -0.05) is 12.2 Å². The van der Waals surface area contributed by atoms with Gasteiger partial charge in [-0.05, 0) is 43.5 Å². The lowest BCUT2D eigenvalue weighted by atomic mass is 10.0. The van der Waals surface area contributed by atoms with Crippen molar-refractivity contribution in [1.29, 1.82) is 0 Å². The van der Waals surface area contributed by atoms with Crippen LogP contribution in [0.3, 0.4) is 0 Å². The van der Waals surface area contributed by atoms with Crippen LogP contribution in [0.1, 0.15) is 25.7 Å². The van der Waals surface area contributed by atoms with E-state index in [2.05, 4.69) is 17.5 Å². The lowest BCUT2D eigenvalue weighted by Gasteiger charge is -2.19. The average molecular weight is 260 g/mol. The first-order valence-corrected chi connectivity index (χ1v) is 6.67. The molecule has 0 saturated carbocycles. The van der Waals surface area contributed by atoms with E-state index in [0.717, 1.165) is 25.0 Å². The first-order valence-electron chi connectivity index (χ1n) is 6.67. The molecule has 4 nitrogen and oxygen atoms in total. The van der Waals surface area contributed by atoms with E-state index in [1.807, 2.05) is 0 Å². The zero-order valence-corrected chi connectivity index (χ0v) is 11.0. The predicted octanol–water partition coefficient (Wildman–Crippen LogP) is 2.26. The molecule has 0 saturated heterocycles. The van der Waals surface area contributed by atoms with Crippen LogP contribution in [-0.4, -0.2) is 18.6 Å². The third kappa shape index (κ3) is 4.66. The number of carbonyl (C=O) groups excluding carboxylic acids is 1. The standard InChI is InChI=1S/C15H20N2O2/c16-12-6-8-14(9-7-12)19-11-10-15(18)17-13-4-2-1-3-5-13/h1-2,6-9,13H,3-5,10-11,16H2,(H,17,18). The number of amides is 1. The van der Waals surface area contributed by atoms with Gasteiger partial charge in [-0.2, -0.15) is 0 Å². The molecule has 1 amide bonds. The van der Waals surface area contributed by atoms with Crippen LogP contribution in [0.15, 0.2) is 36.4 Å². The number of benzene rings is 1. The van der Waals surface area contributed by atoms with Crippen molar-refractivity contribution < 1.29 is 9.53 Å². The summed E-state index contributed by atoms with van der Waals surface area (Å²) in [6.07, 6.45) is 7.68. The van der Waals surface area contributed by atoms with Gasteiger partial charge < -0.3 is 15.8 Å². The van der Waals surface area contributed by atoms with Gasteiger partial charge in [0.05, 0.1) is 13.0 Å². The molecule has 1 aliphatic rings. The summed E-state index contributed by atoms with van der Waals surface area (Å²) in [6, 6.07) is 7.46. The molecule has 102 valence electrons. The molecule has 3 N–H and O–H groups in total. The lowest BCUT2D eigenvalue weighted by Crippen LogP contribution is -2.35. The van der Waals surface area contributed by atoms with Gasteiger partial charge in [0.1, 0.15) is 5.75 Å². The number of hydrogen-bond donors (Lipinski definition) is 2. The van der Waals surface area contributed by atoms with Crippen molar-refractivity contribution in [3.8, 4) is 5.75 Å². The second-order valence-corrected chi connectivity index (χ2v) is 4.72. The third-order valence-electron chi connectivity index (χ3n) is 3.11. The number of rotatable bonds is 5. The molecule has 19 heavy (non-hydrogen) atoms. The Morgan fingerprint density at radius 2 is 2.11 bits per heavy atom. The number of nitrogen functional groups attached to an aromatic ring is 1. The summed E-state index contributed by atoms with van der Waals surface area (Å²) in [4.78, 5) is 11.7. The fourth-order valence-corrected chi connectivity index (χ4v) is 2.05. The van der Waals surface area contributed by atoms with E-state index in [1.165, 1.54) is 0 Å². The fraction of sp³-hybridized carbons (Fsp3) is 0.400. The van der Waals surface area contributed by atoms with E-state index in [0.29, 0.717) is 18.7 Å². The van der Waals surface area contributed by atoms with Crippen molar-refractivity contribution in [2.75, 3.05) is 12.3 Å². The van der Waals surface area contributed by atoms with Gasteiger partial charge in [-0.25, -0.2) is 0 Å². The first-order chi connectivity index (χ1) is 9.24. The highest BCUT2D eigenvalue weighted by Gasteiger charge is 2.12. The van der Waals surface area contributed by atoms with Crippen molar-refractivity contribution in [2.24, 2.45) is 0 Å². The summed E-state index contributed by atoms with van der Waals surface area (Å²) in [6.45, 7) is 0.387. The molecular formula is C15H20N2O2. The molecule has 1 atom stereocenters. The molecule has 2 rings (SSSR count). The number of ether oxygens (including phenoxy) is 1. The summed E-state index contributed by atoms with van der Waals surface area (Å²) in [7, 11) is 0. The molecule has 1 aromatic carbocycles. The smallest absolute Gasteiger partial charge is 0.223 e. The normalized spacial score (nSPS) is 18.0. The quantitative estimate of drug-likeness (QED) is 0.630. The SMILES string of the molecule is Nc1ccc(OCCC(=O)NC2CC=CCC2)cc1. The summed E-state index contributed by atoms with van der Waals surface area (Å²) < 4.78 is 5.49. The van der Waals surface area contributed by atoms with E-state index < -0.39 is 0 Å². The lowest BCUT2D eigenvalue weighted by molar-refractivity contribution is -0.122. The summed E-state index contributed by atoms with van der Waals surface area (Å²) in [5, 5.41) is 3.02. The number of hydrogen-bond acceptors (Lipinski definition) is 3. The Morgan fingerprint density at radius 3 is 2.79 bits per heavy atom. The Labute approximate surface area is 113 Å². The molecule has 1 aliphatic carbocycles. The molecule has 0 aliphatic heterocycles. The molecule has 1 unspecified atom stereocenters. The highest BCUT2D eigenvalue weighted by Crippen LogP contribution is 2.13. The van der Waals surface area contributed by atoms with Crippen LogP contribution in [0.5, 0.6) is 5.75 Å². The fourth-order valence-electron chi connectivity index (χ4n) is 2.05. The molecule has 4 heteroatoms. The number of nitrogens with one attached hydrogen (secondary N) is 1. The van der Waals surface area contributed by atoms with Gasteiger partial charge >= 0.3 is 0 Å². The maximum Gasteiger partial charge on any atom is 0.223 e. The van der Waals surface area contributed by atoms with Crippen LogP contribution in [0, 0.1) is 0 Å². The van der Waals surface area contributed by atoms with Crippen LogP contribution in [0.2, 0.25) is 0 Å². The Bertz CT molecular complexity index is 440. The Morgan fingerprint density at radius 1 is 1.32 bits per heavy atom. The molecule has 1 aromatic rings. The predicted molar refractivity (Wildman–Crippen MR) is 75.9 cm³/mol. The minimum atomic E-state index is 0.0516. The largest absolute Gasteiger partial charge is 0.493 e. The maximum absolute atomic E-state index is 11.7. The Kier molecular flexibility index (Phi) is 4.84. The van der Waals surface area contributed by atoms with Crippen molar-refractivity contribution in [3.63, 3.8) is 0 Å². The van der Waals surface area contributed by atoms with Crippen LogP contribution >= 0.6 is 0 Å². The molecule has 0 spiro atoms. The number of carbonyl (C=O) groups is 1. The second-order valence-electron chi connectivity index (χ2n) is 4.72. The maximum atomic E-state index is 11.7. The average Bonchev–Trinajstić information content (AvgIpc) is 2.42. The summed E-state index contributed by atoms with van der Waals surface area (Å²) in [5.41, 5.74) is 6.29.